The number of nitrogens with zero attached hydrogens (tertiary/aromatic N) is 35. The van der Waals surface area contributed by atoms with Gasteiger partial charge in [-0.25, -0.2) is 9.78 Å². The fourth-order valence-corrected chi connectivity index (χ4v) is 14.1. The number of aromatic carboxylic acids is 1. The van der Waals surface area contributed by atoms with Crippen molar-refractivity contribution in [2.45, 2.75) is 100 Å². The first-order valence-electron chi connectivity index (χ1n) is 44.2. The van der Waals surface area contributed by atoms with Crippen LogP contribution in [0, 0.1) is 60.8 Å². The van der Waals surface area contributed by atoms with Gasteiger partial charge in [0.2, 0.25) is 0 Å². The molecule has 21 heterocycles. The number of alkyl halides is 3. The summed E-state index contributed by atoms with van der Waals surface area (Å²) in [6, 6.07) is 66.6. The van der Waals surface area contributed by atoms with Crippen molar-refractivity contribution >= 4 is 35.6 Å². The third-order valence-electron chi connectivity index (χ3n) is 20.8. The van der Waals surface area contributed by atoms with E-state index in [4.69, 9.17) is 23.9 Å². The molecule has 1 aromatic carbocycles. The molecule has 2 atom stereocenters. The van der Waals surface area contributed by atoms with E-state index in [0.717, 1.165) is 131 Å². The molecule has 1 fully saturated rings. The maximum Gasteiger partial charge on any atom is 2.00 e. The van der Waals surface area contributed by atoms with Gasteiger partial charge in [-0.05, 0) is 211 Å². The number of carboxylic acid groups (broad SMARTS) is 1. The zero-order chi connectivity index (χ0) is 102. The summed E-state index contributed by atoms with van der Waals surface area (Å²) >= 11 is -0.472. The molecule has 150 heavy (non-hydrogen) atoms. The van der Waals surface area contributed by atoms with Crippen molar-refractivity contribution in [2.24, 2.45) is 5.41 Å². The summed E-state index contributed by atoms with van der Waals surface area (Å²) in [5, 5.41) is 88.7. The van der Waals surface area contributed by atoms with Crippen LogP contribution in [0.5, 0.6) is 0 Å². The van der Waals surface area contributed by atoms with Gasteiger partial charge in [0.1, 0.15) is 11.4 Å². The van der Waals surface area contributed by atoms with Crippen LogP contribution in [0.4, 0.5) is 13.2 Å². The Hall–Kier alpha value is -14.1. The smallest absolute Gasteiger partial charge is 0 e. The summed E-state index contributed by atoms with van der Waals surface area (Å²) in [4.78, 5) is 71.3. The number of benzene rings is 1. The van der Waals surface area contributed by atoms with E-state index < -0.39 is 34.3 Å². The number of aromatic nitrogens is 35. The van der Waals surface area contributed by atoms with E-state index in [1.807, 2.05) is 193 Å². The van der Waals surface area contributed by atoms with Crippen molar-refractivity contribution in [3.8, 4) is 114 Å². The van der Waals surface area contributed by atoms with E-state index >= 15 is 0 Å². The van der Waals surface area contributed by atoms with Gasteiger partial charge in [-0.2, -0.15) is 13.2 Å². The number of aryl methyl sites for hydroxylation is 8. The molecule has 2 aliphatic rings. The molecule has 0 saturated heterocycles. The number of hydrogen-bond acceptors (Lipinski definition) is 26. The molecule has 0 radical (unpaired) electrons. The van der Waals surface area contributed by atoms with Crippen molar-refractivity contribution in [3.05, 3.63) is 380 Å². The quantitative estimate of drug-likeness (QED) is 0.126. The third-order valence-corrected chi connectivity index (χ3v) is 20.8. The van der Waals surface area contributed by atoms with Crippen LogP contribution in [-0.2, 0) is 128 Å². The first-order valence-corrected chi connectivity index (χ1v) is 49.8. The predicted molar refractivity (Wildman–Crippen MR) is 531 cm³/mol. The number of carboxylic acids is 1. The first kappa shape index (κ1) is 121. The topological polar surface area (TPSA) is 501 Å². The zero-order valence-electron chi connectivity index (χ0n) is 80.8. The summed E-state index contributed by atoms with van der Waals surface area (Å²) in [6.07, 6.45) is 23.2. The zero-order valence-corrected chi connectivity index (χ0v) is 96.0. The van der Waals surface area contributed by atoms with Crippen LogP contribution >= 0.6 is 18.8 Å². The van der Waals surface area contributed by atoms with Crippen molar-refractivity contribution in [2.75, 3.05) is 0 Å². The van der Waals surface area contributed by atoms with Crippen LogP contribution in [-0.4, -0.2) is 137 Å². The number of hydrogen-bond donors (Lipinski definition) is 1. The van der Waals surface area contributed by atoms with Gasteiger partial charge in [0, 0.05) is 193 Å². The molecule has 2 unspecified atom stereocenters. The summed E-state index contributed by atoms with van der Waals surface area (Å²) in [7, 11) is 9.75. The average Bonchev–Trinajstić information content (AvgIpc) is 1.54. The molecule has 37 nitrogen and oxygen atoms in total. The van der Waals surface area contributed by atoms with E-state index in [-0.39, 0.29) is 117 Å². The Bertz CT molecular complexity index is 6690. The molecule has 0 spiro atoms. The SMILES string of the molecule is CC1(C)C2CCC1c1c2n[n-]c1-c1nccc2ccccc12.Cc1cc(-c2ccccn2)[n-]n1.Cc1cc(-c2ccccn2)[n-]n1.Cc1cc(-c2ccccn2)[n-]n1.Cc1cc(-c2ccccn2)[n-]n1.Cc1cc(-c2cnccn2)[n-]n1.Cc1cc(-c2cnccn2)[n-]n1.Cc1n[n-]c(-c2ccccn2)n1.Cc1n[n-]c(-c2ccccn2)n1.FC(F)(F)c1cc(-c2ccccn2)[n-]n1.O=C(O)c1ccccn1.[Cl][Pt][Cl].[Pt+2].[Pt+2].[Pt+2].[Pt+2].[Pt]. The van der Waals surface area contributed by atoms with Gasteiger partial charge in [-0.1, -0.05) is 169 Å². The van der Waals surface area contributed by atoms with Gasteiger partial charge in [-0.3, -0.25) is 70.0 Å². The molecule has 1 saturated carbocycles. The van der Waals surface area contributed by atoms with Gasteiger partial charge < -0.3 is 107 Å². The fraction of sp³-hybridized carbons (Fsp3) is 0.157. The second-order valence-electron chi connectivity index (χ2n) is 31.7. The Morgan fingerprint density at radius 2 is 0.660 bits per heavy atom. The molecule has 24 rings (SSSR count). The van der Waals surface area contributed by atoms with Gasteiger partial charge in [0.15, 0.2) is 0 Å². The molecule has 2 aliphatic carbocycles. The minimum absolute atomic E-state index is 0. The third kappa shape index (κ3) is 36.1. The molecular weight excluding hydrogens is 3050 g/mol. The van der Waals surface area contributed by atoms with Crippen molar-refractivity contribution < 1.29 is 145 Å². The van der Waals surface area contributed by atoms with E-state index in [0.29, 0.717) is 46.2 Å². The largest absolute Gasteiger partial charge is 2.00 e. The Morgan fingerprint density at radius 3 is 0.947 bits per heavy atom. The summed E-state index contributed by atoms with van der Waals surface area (Å²) < 4.78 is 36.6. The number of rotatable bonds is 11. The Balaban J connectivity index is 0.000000201. The Kier molecular flexibility index (Phi) is 49.9. The van der Waals surface area contributed by atoms with Crippen molar-refractivity contribution in [1.82, 2.24) is 177 Å². The number of carbonyl (C=O) groups is 1. The van der Waals surface area contributed by atoms with Crippen LogP contribution in [0.25, 0.3) is 125 Å². The predicted octanol–water partition coefficient (Wildman–Crippen LogP) is 17.4. The Labute approximate surface area is 947 Å². The van der Waals surface area contributed by atoms with Crippen LogP contribution in [0.1, 0.15) is 112 Å². The first-order chi connectivity index (χ1) is 70.3. The monoisotopic (exact) mass is 3130 g/mol. The number of pyridine rings is 9. The van der Waals surface area contributed by atoms with Crippen LogP contribution in [0.2, 0.25) is 0 Å². The maximum absolute atomic E-state index is 12.2. The van der Waals surface area contributed by atoms with Gasteiger partial charge in [-0.15, -0.1) is 0 Å². The molecule has 48 heteroatoms. The molecule has 21 aromatic heterocycles. The second kappa shape index (κ2) is 61.8. The van der Waals surface area contributed by atoms with Crippen LogP contribution < -0.4 is 51.0 Å². The molecule has 2 bridgehead atoms. The molecule has 1 N–H and O–H groups in total. The normalized spacial score (nSPS) is 11.9. The molecule has 780 valence electrons. The molecular formula is C102H88Cl2F3N35O2Pt6-2. The van der Waals surface area contributed by atoms with Crippen molar-refractivity contribution in [3.63, 3.8) is 0 Å². The van der Waals surface area contributed by atoms with Gasteiger partial charge >= 0.3 is 132 Å². The summed E-state index contributed by atoms with van der Waals surface area (Å²) in [5.41, 5.74) is 21.5. The fourth-order valence-electron chi connectivity index (χ4n) is 14.1. The molecule has 0 amide bonds. The van der Waals surface area contributed by atoms with Crippen LogP contribution in [0.3, 0.4) is 0 Å². The molecule has 0 aliphatic heterocycles. The minimum atomic E-state index is -4.46. The van der Waals surface area contributed by atoms with E-state index in [1.54, 1.807) is 119 Å². The van der Waals surface area contributed by atoms with E-state index in [1.165, 1.54) is 53.3 Å². The number of fused-ring (bicyclic) bond motifs is 6. The van der Waals surface area contributed by atoms with Gasteiger partial charge in [0.25, 0.3) is 0 Å². The maximum atomic E-state index is 12.2. The summed E-state index contributed by atoms with van der Waals surface area (Å²) in [5.74, 6) is 2.70. The van der Waals surface area contributed by atoms with Crippen LogP contribution in [0.15, 0.2) is 311 Å². The Morgan fingerprint density at radius 1 is 0.347 bits per heavy atom. The van der Waals surface area contributed by atoms with Gasteiger partial charge in [0.05, 0.1) is 40.9 Å². The number of halogens is 5. The van der Waals surface area contributed by atoms with E-state index in [9.17, 15) is 18.0 Å². The summed E-state index contributed by atoms with van der Waals surface area (Å²) in [6.45, 7) is 19.8. The minimum Gasteiger partial charge on any atom is 0 e. The average molecular weight is 3130 g/mol. The standard InChI is InChI=1S/C19H18N3.C9H5F3N3.4C9H8N3.4C8H7N4.C6H5NO2.2ClH.6Pt/c1-19(2)13-7-8-14(19)17-15(13)18(22-21-17)16-12-6-4-3-5-11(12)9-10-20-16;10-9(11,12)8-5-7(14-15-8)6-3-1-2-4-13-6;4*1-7-6-9(12-11-7)8-4-2-3-5-10-8;2*1-6-4-7(12-11-6)8-5-9-2-3-10-8;2*1-6-10-8(12-11-6)7-4-2-3-5-9-7;8-6(9)5-3-1-2-4-7-5;;;;;;;;/h3-6,9-10,13-14H,7-8H2,1-2H3;1-5H;4*2-6H,1H3;4*2-5H,1H3;1-4H,(H,8,9);2*1H;;;;;;/q10*-1;;;;;5*+2/p-2. The van der Waals surface area contributed by atoms with Crippen molar-refractivity contribution in [1.29, 1.82) is 0 Å². The second-order valence-corrected chi connectivity index (χ2v) is 35.0. The molecule has 22 aromatic rings. The van der Waals surface area contributed by atoms with E-state index in [2.05, 4.69) is 221 Å².